The van der Waals surface area contributed by atoms with E-state index in [1.165, 1.54) is 35.7 Å². The van der Waals surface area contributed by atoms with Gasteiger partial charge < -0.3 is 9.12 Å². The third-order valence-corrected chi connectivity index (χ3v) is 6.77. The van der Waals surface area contributed by atoms with Gasteiger partial charge in [-0.3, -0.25) is 0 Å². The number of benzene rings is 1. The molecule has 1 fully saturated rings. The van der Waals surface area contributed by atoms with Crippen LogP contribution in [0, 0.1) is 0 Å². The van der Waals surface area contributed by atoms with Crippen molar-refractivity contribution >= 4 is 38.2 Å². The summed E-state index contributed by atoms with van der Waals surface area (Å²) >= 11 is 2.52. The average Bonchev–Trinajstić information content (AvgIpc) is 2.74. The molecule has 0 aliphatic heterocycles. The predicted molar refractivity (Wildman–Crippen MR) is 102 cm³/mol. The van der Waals surface area contributed by atoms with Gasteiger partial charge in [-0.25, -0.2) is 0 Å². The van der Waals surface area contributed by atoms with Crippen molar-refractivity contribution in [2.75, 3.05) is 0 Å². The summed E-state index contributed by atoms with van der Waals surface area (Å²) < 4.78 is 19.0. The lowest BCUT2D eigenvalue weighted by Gasteiger charge is -2.28. The van der Waals surface area contributed by atoms with Crippen LogP contribution in [0.4, 0.5) is 0 Å². The summed E-state index contributed by atoms with van der Waals surface area (Å²) in [6, 6.07) is 7.12. The van der Waals surface area contributed by atoms with E-state index in [0.29, 0.717) is 6.04 Å². The summed E-state index contributed by atoms with van der Waals surface area (Å²) in [4.78, 5) is 0. The Kier molecular flexibility index (Phi) is 4.85. The van der Waals surface area contributed by atoms with Crippen molar-refractivity contribution in [2.45, 2.75) is 63.8 Å². The quantitative estimate of drug-likeness (QED) is 0.717. The fourth-order valence-corrected chi connectivity index (χ4v) is 4.11. The number of nitrogens with one attached hydrogen (secondary N) is 1. The first-order chi connectivity index (χ1) is 10.8. The zero-order valence-corrected chi connectivity index (χ0v) is 16.6. The highest BCUT2D eigenvalue weighted by atomic mass is 79.9. The zero-order chi connectivity index (χ0) is 16.8. The van der Waals surface area contributed by atoms with Crippen molar-refractivity contribution in [1.82, 2.24) is 9.29 Å². The fraction of sp³-hybridized carbons (Fsp3) is 0.556. The molecule has 0 saturated heterocycles. The summed E-state index contributed by atoms with van der Waals surface area (Å²) in [5.74, 6) is 0. The van der Waals surface area contributed by atoms with Crippen molar-refractivity contribution in [3.05, 3.63) is 34.4 Å². The lowest BCUT2D eigenvalue weighted by atomic mass is 9.93. The van der Waals surface area contributed by atoms with Gasteiger partial charge in [0.05, 0.1) is 6.04 Å². The van der Waals surface area contributed by atoms with Gasteiger partial charge in [-0.1, -0.05) is 22.0 Å². The second-order valence-corrected chi connectivity index (χ2v) is 10.4. The predicted octanol–water partition coefficient (Wildman–Crippen LogP) is 5.24. The number of halogens is 1. The summed E-state index contributed by atoms with van der Waals surface area (Å²) in [5.41, 5.74) is 2.51. The Bertz CT molecular complexity index is 703. The van der Waals surface area contributed by atoms with Crippen LogP contribution in [0.25, 0.3) is 10.9 Å². The van der Waals surface area contributed by atoms with Crippen molar-refractivity contribution < 1.29 is 4.55 Å². The molecule has 1 heterocycles. The molecule has 0 spiro atoms. The Morgan fingerprint density at radius 2 is 2.04 bits per heavy atom. The van der Waals surface area contributed by atoms with Crippen LogP contribution in [0.5, 0.6) is 0 Å². The molecular formula is C18H25BrN2OS. The maximum Gasteiger partial charge on any atom is 0.136 e. The van der Waals surface area contributed by atoms with Crippen LogP contribution in [-0.4, -0.2) is 13.9 Å². The Morgan fingerprint density at radius 3 is 2.61 bits per heavy atom. The van der Waals surface area contributed by atoms with Crippen LogP contribution in [-0.2, 0) is 11.4 Å². The smallest absolute Gasteiger partial charge is 0.136 e. The summed E-state index contributed by atoms with van der Waals surface area (Å²) in [5, 5.41) is 1.26. The van der Waals surface area contributed by atoms with Crippen molar-refractivity contribution in [2.24, 2.45) is 0 Å². The zero-order valence-electron chi connectivity index (χ0n) is 14.2. The van der Waals surface area contributed by atoms with Crippen LogP contribution in [0.3, 0.4) is 0 Å². The van der Waals surface area contributed by atoms with Gasteiger partial charge in [-0.15, -0.1) is 4.72 Å². The van der Waals surface area contributed by atoms with Crippen LogP contribution >= 0.6 is 15.9 Å². The van der Waals surface area contributed by atoms with Crippen LogP contribution in [0.1, 0.15) is 64.6 Å². The lowest BCUT2D eigenvalue weighted by molar-refractivity contribution is 0.321. The molecule has 3 nitrogen and oxygen atoms in total. The topological polar surface area (TPSA) is 40.0 Å². The van der Waals surface area contributed by atoms with E-state index in [2.05, 4.69) is 56.5 Å². The molecule has 0 bridgehead atoms. The second kappa shape index (κ2) is 6.43. The van der Waals surface area contributed by atoms with E-state index in [-0.39, 0.29) is 10.8 Å². The highest BCUT2D eigenvalue weighted by Gasteiger charge is 2.30. The van der Waals surface area contributed by atoms with E-state index in [9.17, 15) is 4.55 Å². The summed E-state index contributed by atoms with van der Waals surface area (Å²) in [7, 11) is 0. The molecule has 126 valence electrons. The van der Waals surface area contributed by atoms with Crippen molar-refractivity contribution in [3.63, 3.8) is 0 Å². The minimum absolute atomic E-state index is 0.0556. The number of rotatable bonds is 4. The van der Waals surface area contributed by atoms with E-state index in [1.54, 1.807) is 0 Å². The maximum absolute atomic E-state index is 12.4. The second-order valence-electron chi connectivity index (χ2n) is 7.46. The van der Waals surface area contributed by atoms with Crippen LogP contribution in [0.15, 0.2) is 28.9 Å². The average molecular weight is 397 g/mol. The first-order valence-electron chi connectivity index (χ1n) is 8.25. The van der Waals surface area contributed by atoms with Crippen molar-refractivity contribution in [1.29, 1.82) is 0 Å². The van der Waals surface area contributed by atoms with Gasteiger partial charge in [-0.05, 0) is 64.7 Å². The van der Waals surface area contributed by atoms with E-state index >= 15 is 0 Å². The molecule has 5 heteroatoms. The van der Waals surface area contributed by atoms with E-state index in [4.69, 9.17) is 0 Å². The van der Waals surface area contributed by atoms with Gasteiger partial charge in [0.1, 0.15) is 4.75 Å². The molecule has 2 atom stereocenters. The fourth-order valence-electron chi connectivity index (χ4n) is 2.96. The number of aromatic nitrogens is 1. The van der Waals surface area contributed by atoms with Crippen molar-refractivity contribution in [3.8, 4) is 0 Å². The van der Waals surface area contributed by atoms with E-state index in [1.807, 2.05) is 20.8 Å². The highest BCUT2D eigenvalue weighted by Crippen LogP contribution is 2.38. The van der Waals surface area contributed by atoms with Crippen LogP contribution < -0.4 is 4.72 Å². The van der Waals surface area contributed by atoms with E-state index < -0.39 is 11.4 Å². The molecule has 0 amide bonds. The summed E-state index contributed by atoms with van der Waals surface area (Å²) in [6.07, 6.45) is 6.09. The standard InChI is InChI=1S/C18H25BrN2OS/c1-12(20-23(22)18(2,3)4)16-11-21(14-6-5-7-14)17-10-13(19)8-9-15(16)17/h8-12,14,20H,5-7H2,1-4H3/t12-,23?/m1/s1. The highest BCUT2D eigenvalue weighted by molar-refractivity contribution is 9.10. The number of hydrogen-bond donors (Lipinski definition) is 1. The first-order valence-corrected chi connectivity index (χ1v) is 10.2. The molecule has 1 N–H and O–H groups in total. The molecule has 1 saturated carbocycles. The minimum Gasteiger partial charge on any atom is -0.598 e. The third kappa shape index (κ3) is 3.48. The molecule has 1 aliphatic rings. The van der Waals surface area contributed by atoms with Gasteiger partial charge in [0.15, 0.2) is 0 Å². The molecule has 3 rings (SSSR count). The largest absolute Gasteiger partial charge is 0.598 e. The van der Waals surface area contributed by atoms with Gasteiger partial charge >= 0.3 is 0 Å². The Morgan fingerprint density at radius 1 is 1.35 bits per heavy atom. The first kappa shape index (κ1) is 17.3. The molecule has 1 aromatic heterocycles. The van der Waals surface area contributed by atoms with E-state index in [0.717, 1.165) is 4.47 Å². The normalized spacial score (nSPS) is 18.9. The van der Waals surface area contributed by atoms with Gasteiger partial charge in [0.25, 0.3) is 0 Å². The molecule has 2 aromatic rings. The number of fused-ring (bicyclic) bond motifs is 1. The Hall–Kier alpha value is -0.490. The monoisotopic (exact) mass is 396 g/mol. The number of nitrogens with zero attached hydrogens (tertiary/aromatic N) is 1. The molecule has 1 aromatic carbocycles. The maximum atomic E-state index is 12.4. The molecule has 23 heavy (non-hydrogen) atoms. The number of hydrogen-bond acceptors (Lipinski definition) is 2. The molecule has 1 aliphatic carbocycles. The summed E-state index contributed by atoms with van der Waals surface area (Å²) in [6.45, 7) is 8.10. The molecule has 0 radical (unpaired) electrons. The molecule has 1 unspecified atom stereocenters. The lowest BCUT2D eigenvalue weighted by Crippen LogP contribution is -2.40. The van der Waals surface area contributed by atoms with Gasteiger partial charge in [0, 0.05) is 39.0 Å². The SMILES string of the molecule is C[C@@H](N[S+]([O-])C(C)(C)C)c1cn(C2CCC2)c2cc(Br)ccc12. The Balaban J connectivity index is 1.97. The van der Waals surface area contributed by atoms with Gasteiger partial charge in [-0.2, -0.15) is 0 Å². The minimum atomic E-state index is -1.07. The third-order valence-electron chi connectivity index (χ3n) is 4.60. The Labute approximate surface area is 150 Å². The molecular weight excluding hydrogens is 372 g/mol. The van der Waals surface area contributed by atoms with Crippen LogP contribution in [0.2, 0.25) is 0 Å². The van der Waals surface area contributed by atoms with Gasteiger partial charge in [0.2, 0.25) is 0 Å².